The lowest BCUT2D eigenvalue weighted by molar-refractivity contribution is 0.0928. The Morgan fingerprint density at radius 2 is 1.88 bits per heavy atom. The van der Waals surface area contributed by atoms with Crippen molar-refractivity contribution in [3.05, 3.63) is 29.8 Å². The molecule has 2 atom stereocenters. The zero-order valence-electron chi connectivity index (χ0n) is 14.4. The van der Waals surface area contributed by atoms with Crippen molar-refractivity contribution < 1.29 is 13.2 Å². The van der Waals surface area contributed by atoms with Crippen LogP contribution in [0.3, 0.4) is 0 Å². The fraction of sp³-hybridized carbons (Fsp3) is 0.611. The molecule has 7 heteroatoms. The Morgan fingerprint density at radius 3 is 2.60 bits per heavy atom. The molecule has 3 rings (SSSR count). The number of nitrogens with two attached hydrogens (primary N) is 1. The van der Waals surface area contributed by atoms with Crippen molar-refractivity contribution in [3.63, 3.8) is 0 Å². The minimum Gasteiger partial charge on any atom is -0.349 e. The fourth-order valence-electron chi connectivity index (χ4n) is 3.90. The van der Waals surface area contributed by atoms with Gasteiger partial charge in [-0.25, -0.2) is 13.1 Å². The summed E-state index contributed by atoms with van der Waals surface area (Å²) in [5.41, 5.74) is 6.13. The molecule has 138 valence electrons. The predicted molar refractivity (Wildman–Crippen MR) is 96.7 cm³/mol. The van der Waals surface area contributed by atoms with Crippen molar-refractivity contribution in [2.24, 2.45) is 11.7 Å². The number of nitrogens with one attached hydrogen (secondary N) is 2. The van der Waals surface area contributed by atoms with Gasteiger partial charge in [-0.15, -0.1) is 0 Å². The molecule has 0 aliphatic heterocycles. The molecular weight excluding hydrogens is 338 g/mol. The van der Waals surface area contributed by atoms with Gasteiger partial charge in [0.15, 0.2) is 0 Å². The maximum atomic E-state index is 12.5. The molecule has 4 N–H and O–H groups in total. The third-order valence-electron chi connectivity index (χ3n) is 5.36. The van der Waals surface area contributed by atoms with Crippen molar-refractivity contribution in [2.75, 3.05) is 6.54 Å². The third kappa shape index (κ3) is 4.40. The maximum Gasteiger partial charge on any atom is 0.251 e. The van der Waals surface area contributed by atoms with Gasteiger partial charge in [0.05, 0.1) is 4.90 Å². The lowest BCUT2D eigenvalue weighted by Gasteiger charge is -2.19. The number of carbonyl (C=O) groups is 1. The quantitative estimate of drug-likeness (QED) is 0.715. The molecule has 0 spiro atoms. The number of benzene rings is 1. The molecule has 1 aromatic rings. The normalized spacial score (nSPS) is 24.5. The number of hydrogen-bond donors (Lipinski definition) is 3. The first-order valence-corrected chi connectivity index (χ1v) is 10.6. The van der Waals surface area contributed by atoms with E-state index in [1.54, 1.807) is 12.1 Å². The second-order valence-corrected chi connectivity index (χ2v) is 8.85. The smallest absolute Gasteiger partial charge is 0.251 e. The van der Waals surface area contributed by atoms with Gasteiger partial charge in [-0.2, -0.15) is 0 Å². The highest BCUT2D eigenvalue weighted by molar-refractivity contribution is 7.89. The van der Waals surface area contributed by atoms with Crippen LogP contribution in [-0.2, 0) is 10.0 Å². The number of sulfonamides is 1. The van der Waals surface area contributed by atoms with Crippen LogP contribution >= 0.6 is 0 Å². The summed E-state index contributed by atoms with van der Waals surface area (Å²) < 4.78 is 27.8. The number of carbonyl (C=O) groups excluding carboxylic acids is 1. The van der Waals surface area contributed by atoms with E-state index in [0.29, 0.717) is 18.0 Å². The van der Waals surface area contributed by atoms with Crippen molar-refractivity contribution in [1.29, 1.82) is 0 Å². The molecule has 0 saturated heterocycles. The van der Waals surface area contributed by atoms with Crippen LogP contribution in [0, 0.1) is 5.92 Å². The minimum atomic E-state index is -3.59. The van der Waals surface area contributed by atoms with E-state index in [-0.39, 0.29) is 22.9 Å². The highest BCUT2D eigenvalue weighted by atomic mass is 32.2. The van der Waals surface area contributed by atoms with E-state index in [0.717, 1.165) is 44.9 Å². The topological polar surface area (TPSA) is 101 Å². The van der Waals surface area contributed by atoms with Crippen LogP contribution in [0.5, 0.6) is 0 Å². The monoisotopic (exact) mass is 365 g/mol. The Hall–Kier alpha value is -1.44. The van der Waals surface area contributed by atoms with Crippen LogP contribution in [0.1, 0.15) is 55.3 Å². The first-order valence-electron chi connectivity index (χ1n) is 9.13. The Morgan fingerprint density at radius 1 is 1.12 bits per heavy atom. The summed E-state index contributed by atoms with van der Waals surface area (Å²) in [5.74, 6) is 0.0724. The number of amides is 1. The molecule has 0 radical (unpaired) electrons. The summed E-state index contributed by atoms with van der Waals surface area (Å²) in [4.78, 5) is 12.7. The van der Waals surface area contributed by atoms with Gasteiger partial charge in [-0.05, 0) is 56.3 Å². The SMILES string of the molecule is NCC1CCCC1NC(=O)c1cccc(S(=O)(=O)NC2CCCC2)c1. The average Bonchev–Trinajstić information content (AvgIpc) is 3.26. The predicted octanol–water partition coefficient (Wildman–Crippen LogP) is 1.76. The Kier molecular flexibility index (Phi) is 5.76. The van der Waals surface area contributed by atoms with Gasteiger partial charge in [0.1, 0.15) is 0 Å². The summed E-state index contributed by atoms with van der Waals surface area (Å²) >= 11 is 0. The van der Waals surface area contributed by atoms with Gasteiger partial charge in [0.25, 0.3) is 5.91 Å². The molecule has 2 fully saturated rings. The highest BCUT2D eigenvalue weighted by Crippen LogP contribution is 2.25. The molecule has 0 bridgehead atoms. The molecule has 0 aromatic heterocycles. The van der Waals surface area contributed by atoms with Crippen molar-refractivity contribution in [3.8, 4) is 0 Å². The van der Waals surface area contributed by atoms with Crippen molar-refractivity contribution in [1.82, 2.24) is 10.0 Å². The molecule has 25 heavy (non-hydrogen) atoms. The molecule has 6 nitrogen and oxygen atoms in total. The fourth-order valence-corrected chi connectivity index (χ4v) is 5.25. The molecule has 1 aromatic carbocycles. The Bertz CT molecular complexity index is 714. The van der Waals surface area contributed by atoms with Crippen LogP contribution in [0.15, 0.2) is 29.2 Å². The van der Waals surface area contributed by atoms with Crippen molar-refractivity contribution in [2.45, 2.75) is 61.9 Å². The standard InChI is InChI=1S/C18H27N3O3S/c19-12-14-6-4-10-17(14)20-18(22)13-5-3-9-16(11-13)25(23,24)21-15-7-1-2-8-15/h3,5,9,11,14-15,17,21H,1-2,4,6-8,10,12,19H2,(H,20,22). The van der Waals surface area contributed by atoms with Crippen LogP contribution in [-0.4, -0.2) is 33.0 Å². The summed E-state index contributed by atoms with van der Waals surface area (Å²) in [6.45, 7) is 0.560. The van der Waals surface area contributed by atoms with E-state index in [9.17, 15) is 13.2 Å². The number of hydrogen-bond acceptors (Lipinski definition) is 4. The third-order valence-corrected chi connectivity index (χ3v) is 6.88. The van der Waals surface area contributed by atoms with Gasteiger partial charge in [0, 0.05) is 17.6 Å². The van der Waals surface area contributed by atoms with E-state index >= 15 is 0 Å². The summed E-state index contributed by atoms with van der Waals surface area (Å²) in [7, 11) is -3.59. The minimum absolute atomic E-state index is 0.00582. The lowest BCUT2D eigenvalue weighted by atomic mass is 10.0. The van der Waals surface area contributed by atoms with Gasteiger partial charge >= 0.3 is 0 Å². The molecule has 2 saturated carbocycles. The Labute approximate surface area is 149 Å². The van der Waals surface area contributed by atoms with E-state index in [1.807, 2.05) is 0 Å². The summed E-state index contributed by atoms with van der Waals surface area (Å²) in [6.07, 6.45) is 6.88. The first-order chi connectivity index (χ1) is 12.0. The molecule has 2 unspecified atom stereocenters. The largest absolute Gasteiger partial charge is 0.349 e. The zero-order valence-corrected chi connectivity index (χ0v) is 15.2. The highest BCUT2D eigenvalue weighted by Gasteiger charge is 2.28. The van der Waals surface area contributed by atoms with E-state index in [1.165, 1.54) is 12.1 Å². The van der Waals surface area contributed by atoms with Gasteiger partial charge in [-0.1, -0.05) is 25.3 Å². The van der Waals surface area contributed by atoms with Crippen LogP contribution in [0.2, 0.25) is 0 Å². The van der Waals surface area contributed by atoms with Gasteiger partial charge < -0.3 is 11.1 Å². The molecule has 1 amide bonds. The van der Waals surface area contributed by atoms with E-state index in [2.05, 4.69) is 10.0 Å². The van der Waals surface area contributed by atoms with E-state index in [4.69, 9.17) is 5.73 Å². The second kappa shape index (κ2) is 7.85. The summed E-state index contributed by atoms with van der Waals surface area (Å²) in [5, 5.41) is 3.01. The van der Waals surface area contributed by atoms with E-state index < -0.39 is 10.0 Å². The Balaban J connectivity index is 1.71. The van der Waals surface area contributed by atoms with Crippen LogP contribution in [0.4, 0.5) is 0 Å². The average molecular weight is 365 g/mol. The van der Waals surface area contributed by atoms with Crippen molar-refractivity contribution >= 4 is 15.9 Å². The maximum absolute atomic E-state index is 12.5. The second-order valence-electron chi connectivity index (χ2n) is 7.14. The number of rotatable bonds is 6. The molecule has 0 heterocycles. The van der Waals surface area contributed by atoms with Gasteiger partial charge in [0.2, 0.25) is 10.0 Å². The molecule has 2 aliphatic carbocycles. The van der Waals surface area contributed by atoms with Gasteiger partial charge in [-0.3, -0.25) is 4.79 Å². The molecular formula is C18H27N3O3S. The summed E-state index contributed by atoms with van der Waals surface area (Å²) in [6, 6.07) is 6.34. The van der Waals surface area contributed by atoms with Crippen LogP contribution < -0.4 is 15.8 Å². The lowest BCUT2D eigenvalue weighted by Crippen LogP contribution is -2.40. The molecule has 2 aliphatic rings. The zero-order chi connectivity index (χ0) is 17.9. The first kappa shape index (κ1) is 18.4. The van der Waals surface area contributed by atoms with Crippen LogP contribution in [0.25, 0.3) is 0 Å².